The van der Waals surface area contributed by atoms with Gasteiger partial charge in [0.1, 0.15) is 0 Å². The summed E-state index contributed by atoms with van der Waals surface area (Å²) in [7, 11) is 0. The zero-order valence-electron chi connectivity index (χ0n) is 10.4. The van der Waals surface area contributed by atoms with Gasteiger partial charge in [-0.2, -0.15) is 0 Å². The number of rotatable bonds is 1. The second-order valence-electron chi connectivity index (χ2n) is 4.93. The van der Waals surface area contributed by atoms with Crippen molar-refractivity contribution >= 4 is 5.57 Å². The fourth-order valence-electron chi connectivity index (χ4n) is 2.95. The van der Waals surface area contributed by atoms with Gasteiger partial charge in [-0.05, 0) is 54.9 Å². The SMILES string of the molecule is C/C(=C1/CCC2=C1C=CCC2)c1ccccc1. The minimum Gasteiger partial charge on any atom is -0.0836 e. The Bertz CT molecular complexity index is 512. The summed E-state index contributed by atoms with van der Waals surface area (Å²) in [5, 5.41) is 0. The average molecular weight is 222 g/mol. The van der Waals surface area contributed by atoms with Crippen LogP contribution in [0.3, 0.4) is 0 Å². The smallest absolute Gasteiger partial charge is 0.0224 e. The summed E-state index contributed by atoms with van der Waals surface area (Å²) in [6, 6.07) is 10.8. The number of benzene rings is 1. The van der Waals surface area contributed by atoms with E-state index in [1.165, 1.54) is 42.4 Å². The predicted octanol–water partition coefficient (Wildman–Crippen LogP) is 4.90. The third kappa shape index (κ3) is 1.88. The van der Waals surface area contributed by atoms with E-state index in [4.69, 9.17) is 0 Å². The molecule has 86 valence electrons. The third-order valence-electron chi connectivity index (χ3n) is 3.94. The van der Waals surface area contributed by atoms with Gasteiger partial charge in [-0.25, -0.2) is 0 Å². The molecule has 2 aliphatic rings. The average Bonchev–Trinajstić information content (AvgIpc) is 2.83. The maximum Gasteiger partial charge on any atom is -0.0224 e. The second kappa shape index (κ2) is 4.37. The van der Waals surface area contributed by atoms with Gasteiger partial charge in [0.25, 0.3) is 0 Å². The van der Waals surface area contributed by atoms with Crippen LogP contribution in [0.15, 0.2) is 59.2 Å². The summed E-state index contributed by atoms with van der Waals surface area (Å²) < 4.78 is 0. The lowest BCUT2D eigenvalue weighted by atomic mass is 9.94. The van der Waals surface area contributed by atoms with Crippen molar-refractivity contribution in [3.8, 4) is 0 Å². The van der Waals surface area contributed by atoms with Gasteiger partial charge < -0.3 is 0 Å². The maximum atomic E-state index is 2.34. The molecule has 0 saturated heterocycles. The van der Waals surface area contributed by atoms with Crippen molar-refractivity contribution in [2.75, 3.05) is 0 Å². The fourth-order valence-corrected chi connectivity index (χ4v) is 2.95. The lowest BCUT2D eigenvalue weighted by molar-refractivity contribution is 0.885. The Morgan fingerprint density at radius 2 is 1.82 bits per heavy atom. The quantitative estimate of drug-likeness (QED) is 0.634. The van der Waals surface area contributed by atoms with E-state index in [9.17, 15) is 0 Å². The maximum absolute atomic E-state index is 2.34. The molecule has 0 saturated carbocycles. The summed E-state index contributed by atoms with van der Waals surface area (Å²) in [6.07, 6.45) is 9.68. The van der Waals surface area contributed by atoms with Crippen LogP contribution in [-0.2, 0) is 0 Å². The van der Waals surface area contributed by atoms with E-state index in [0.29, 0.717) is 0 Å². The highest BCUT2D eigenvalue weighted by molar-refractivity contribution is 5.74. The Hall–Kier alpha value is -1.56. The molecule has 3 rings (SSSR count). The summed E-state index contributed by atoms with van der Waals surface area (Å²) in [5.74, 6) is 0. The number of allylic oxidation sites excluding steroid dienone is 6. The van der Waals surface area contributed by atoms with Crippen molar-refractivity contribution in [3.63, 3.8) is 0 Å². The molecule has 0 heterocycles. The van der Waals surface area contributed by atoms with E-state index in [1.54, 1.807) is 11.1 Å². The molecule has 0 aromatic heterocycles. The topological polar surface area (TPSA) is 0 Å². The Morgan fingerprint density at radius 3 is 2.65 bits per heavy atom. The minimum absolute atomic E-state index is 1.23. The highest BCUT2D eigenvalue weighted by atomic mass is 14.3. The van der Waals surface area contributed by atoms with Crippen LogP contribution in [0.5, 0.6) is 0 Å². The zero-order valence-corrected chi connectivity index (χ0v) is 10.4. The van der Waals surface area contributed by atoms with Crippen molar-refractivity contribution in [1.82, 2.24) is 0 Å². The van der Waals surface area contributed by atoms with Crippen molar-refractivity contribution in [2.45, 2.75) is 32.6 Å². The molecular weight excluding hydrogens is 204 g/mol. The monoisotopic (exact) mass is 222 g/mol. The molecule has 17 heavy (non-hydrogen) atoms. The summed E-state index contributed by atoms with van der Waals surface area (Å²) in [6.45, 7) is 2.27. The lowest BCUT2D eigenvalue weighted by Crippen LogP contribution is -1.91. The van der Waals surface area contributed by atoms with Gasteiger partial charge in [-0.15, -0.1) is 0 Å². The summed E-state index contributed by atoms with van der Waals surface area (Å²) in [5.41, 5.74) is 7.62. The van der Waals surface area contributed by atoms with Gasteiger partial charge >= 0.3 is 0 Å². The Labute approximate surface area is 103 Å². The van der Waals surface area contributed by atoms with E-state index in [0.717, 1.165) is 0 Å². The molecule has 0 amide bonds. The Kier molecular flexibility index (Phi) is 2.72. The minimum atomic E-state index is 1.23. The van der Waals surface area contributed by atoms with Crippen LogP contribution in [0.2, 0.25) is 0 Å². The third-order valence-corrected chi connectivity index (χ3v) is 3.94. The zero-order chi connectivity index (χ0) is 11.7. The summed E-state index contributed by atoms with van der Waals surface area (Å²) in [4.78, 5) is 0. The van der Waals surface area contributed by atoms with E-state index in [2.05, 4.69) is 49.4 Å². The first-order valence-electron chi connectivity index (χ1n) is 6.50. The van der Waals surface area contributed by atoms with Crippen molar-refractivity contribution in [3.05, 3.63) is 64.8 Å². The lowest BCUT2D eigenvalue weighted by Gasteiger charge is -2.12. The normalized spacial score (nSPS) is 21.7. The molecule has 0 bridgehead atoms. The molecule has 0 radical (unpaired) electrons. The number of hydrogen-bond donors (Lipinski definition) is 0. The first-order chi connectivity index (χ1) is 8.36. The molecule has 0 nitrogen and oxygen atoms in total. The van der Waals surface area contributed by atoms with Crippen LogP contribution >= 0.6 is 0 Å². The van der Waals surface area contributed by atoms with Crippen LogP contribution in [-0.4, -0.2) is 0 Å². The Balaban J connectivity index is 2.05. The van der Waals surface area contributed by atoms with E-state index in [-0.39, 0.29) is 0 Å². The van der Waals surface area contributed by atoms with Crippen LogP contribution < -0.4 is 0 Å². The molecule has 0 unspecified atom stereocenters. The van der Waals surface area contributed by atoms with Crippen LogP contribution in [0.4, 0.5) is 0 Å². The molecule has 0 atom stereocenters. The standard InChI is InChI=1S/C17H18/c1-13(14-7-3-2-4-8-14)16-12-11-15-9-5-6-10-17(15)16/h2-4,6-8,10H,5,9,11-12H2,1H3/b16-13+. The van der Waals surface area contributed by atoms with E-state index in [1.807, 2.05) is 0 Å². The largest absolute Gasteiger partial charge is 0.0836 e. The summed E-state index contributed by atoms with van der Waals surface area (Å²) >= 11 is 0. The van der Waals surface area contributed by atoms with Gasteiger partial charge in [-0.3, -0.25) is 0 Å². The molecule has 0 spiro atoms. The highest BCUT2D eigenvalue weighted by Crippen LogP contribution is 2.40. The van der Waals surface area contributed by atoms with Gasteiger partial charge in [0.15, 0.2) is 0 Å². The van der Waals surface area contributed by atoms with Crippen molar-refractivity contribution in [2.24, 2.45) is 0 Å². The van der Waals surface area contributed by atoms with Gasteiger partial charge in [0.05, 0.1) is 0 Å². The molecule has 0 heteroatoms. The molecule has 1 aromatic carbocycles. The van der Waals surface area contributed by atoms with Crippen molar-refractivity contribution in [1.29, 1.82) is 0 Å². The first-order valence-corrected chi connectivity index (χ1v) is 6.50. The van der Waals surface area contributed by atoms with E-state index < -0.39 is 0 Å². The van der Waals surface area contributed by atoms with Crippen LogP contribution in [0.1, 0.15) is 38.2 Å². The molecule has 1 aromatic rings. The van der Waals surface area contributed by atoms with Gasteiger partial charge in [0, 0.05) is 0 Å². The molecule has 0 N–H and O–H groups in total. The van der Waals surface area contributed by atoms with Crippen LogP contribution in [0.25, 0.3) is 5.57 Å². The Morgan fingerprint density at radius 1 is 1.00 bits per heavy atom. The highest BCUT2D eigenvalue weighted by Gasteiger charge is 2.21. The first kappa shape index (κ1) is 10.6. The molecule has 0 fully saturated rings. The fraction of sp³-hybridized carbons (Fsp3) is 0.294. The molecule has 2 aliphatic carbocycles. The second-order valence-corrected chi connectivity index (χ2v) is 4.93. The molecular formula is C17H18. The van der Waals surface area contributed by atoms with Crippen molar-refractivity contribution < 1.29 is 0 Å². The van der Waals surface area contributed by atoms with Crippen LogP contribution in [0, 0.1) is 0 Å². The molecule has 0 aliphatic heterocycles. The van der Waals surface area contributed by atoms with E-state index >= 15 is 0 Å². The predicted molar refractivity (Wildman–Crippen MR) is 73.7 cm³/mol. The van der Waals surface area contributed by atoms with Gasteiger partial charge in [0.2, 0.25) is 0 Å². The number of hydrogen-bond acceptors (Lipinski definition) is 0. The van der Waals surface area contributed by atoms with Gasteiger partial charge in [-0.1, -0.05) is 48.1 Å².